The molecule has 2 fully saturated rings. The van der Waals surface area contributed by atoms with Gasteiger partial charge in [0, 0.05) is 18.6 Å². The van der Waals surface area contributed by atoms with Crippen LogP contribution in [0.2, 0.25) is 5.02 Å². The Labute approximate surface area is 220 Å². The van der Waals surface area contributed by atoms with Gasteiger partial charge in [-0.1, -0.05) is 17.7 Å². The summed E-state index contributed by atoms with van der Waals surface area (Å²) < 4.78 is 62.2. The van der Waals surface area contributed by atoms with Gasteiger partial charge < -0.3 is 9.64 Å². The van der Waals surface area contributed by atoms with Crippen LogP contribution in [0, 0.1) is 5.82 Å². The van der Waals surface area contributed by atoms with E-state index in [0.717, 1.165) is 24.5 Å². The predicted octanol–water partition coefficient (Wildman–Crippen LogP) is 5.19. The molecule has 0 N–H and O–H groups in total. The number of aromatic nitrogens is 4. The largest absolute Gasteiger partial charge is 0.416 e. The highest BCUT2D eigenvalue weighted by atomic mass is 35.5. The van der Waals surface area contributed by atoms with Crippen LogP contribution < -0.4 is 10.5 Å². The number of nitrogens with zero attached hydrogens (tertiary/aromatic N) is 5. The number of halogens is 5. The number of ether oxygens (including phenoxy) is 1. The number of hydrogen-bond donors (Lipinski definition) is 0. The quantitative estimate of drug-likeness (QED) is 0.417. The fourth-order valence-corrected chi connectivity index (χ4v) is 5.93. The number of anilines is 1. The fourth-order valence-electron chi connectivity index (χ4n) is 5.68. The first kappa shape index (κ1) is 25.2. The molecule has 6 rings (SSSR count). The van der Waals surface area contributed by atoms with Crippen LogP contribution in [-0.2, 0) is 29.3 Å². The van der Waals surface area contributed by atoms with E-state index in [-0.39, 0.29) is 10.6 Å². The van der Waals surface area contributed by atoms with Crippen molar-refractivity contribution in [2.75, 3.05) is 18.1 Å². The molecule has 1 saturated heterocycles. The number of benzene rings is 1. The molecule has 1 unspecified atom stereocenters. The molecule has 0 spiro atoms. The van der Waals surface area contributed by atoms with Gasteiger partial charge in [0.15, 0.2) is 6.23 Å². The van der Waals surface area contributed by atoms with E-state index in [0.29, 0.717) is 68.5 Å². The van der Waals surface area contributed by atoms with Gasteiger partial charge in [0.05, 0.1) is 35.4 Å². The van der Waals surface area contributed by atoms with Crippen molar-refractivity contribution in [2.45, 2.75) is 62.9 Å². The number of rotatable bonds is 4. The monoisotopic (exact) mass is 549 g/mol. The highest BCUT2D eigenvalue weighted by molar-refractivity contribution is 6.33. The van der Waals surface area contributed by atoms with Crippen LogP contribution in [0.25, 0.3) is 0 Å². The van der Waals surface area contributed by atoms with E-state index in [1.807, 2.05) is 4.90 Å². The first-order chi connectivity index (χ1) is 18.2. The van der Waals surface area contributed by atoms with E-state index in [4.69, 9.17) is 16.3 Å². The summed E-state index contributed by atoms with van der Waals surface area (Å²) in [7, 11) is 0. The SMILES string of the molecule is O=c1c(Cl)c(N2CCc3c(ncnc3C3(c4ccc(F)cc4C(F)(F)F)CC3)C2)cnn1C1CCCCO1. The maximum Gasteiger partial charge on any atom is 0.416 e. The van der Waals surface area contributed by atoms with E-state index in [2.05, 4.69) is 15.1 Å². The minimum absolute atomic E-state index is 0.0340. The van der Waals surface area contributed by atoms with Gasteiger partial charge in [-0.15, -0.1) is 0 Å². The van der Waals surface area contributed by atoms with Gasteiger partial charge in [0.2, 0.25) is 0 Å². The third kappa shape index (κ3) is 4.25. The zero-order valence-corrected chi connectivity index (χ0v) is 21.0. The zero-order chi connectivity index (χ0) is 26.7. The summed E-state index contributed by atoms with van der Waals surface area (Å²) in [6.07, 6.45) is 1.73. The summed E-state index contributed by atoms with van der Waals surface area (Å²) in [5.41, 5.74) is 0.148. The summed E-state index contributed by atoms with van der Waals surface area (Å²) in [5, 5.41) is 4.36. The first-order valence-electron chi connectivity index (χ1n) is 12.5. The molecule has 2 aliphatic heterocycles. The van der Waals surface area contributed by atoms with Crippen LogP contribution in [-0.4, -0.2) is 32.9 Å². The van der Waals surface area contributed by atoms with Gasteiger partial charge in [-0.05, 0) is 61.8 Å². The Bertz CT molecular complexity index is 1450. The minimum atomic E-state index is -4.69. The van der Waals surface area contributed by atoms with Crippen LogP contribution in [0.5, 0.6) is 0 Å². The zero-order valence-electron chi connectivity index (χ0n) is 20.3. The van der Waals surface area contributed by atoms with E-state index in [1.165, 1.54) is 17.1 Å². The molecular weight excluding hydrogens is 526 g/mol. The number of hydrogen-bond acceptors (Lipinski definition) is 6. The molecule has 12 heteroatoms. The summed E-state index contributed by atoms with van der Waals surface area (Å²) in [4.78, 5) is 23.7. The second kappa shape index (κ2) is 9.30. The summed E-state index contributed by atoms with van der Waals surface area (Å²) >= 11 is 6.50. The molecule has 1 saturated carbocycles. The van der Waals surface area contributed by atoms with E-state index in [1.54, 1.807) is 6.20 Å². The van der Waals surface area contributed by atoms with Gasteiger partial charge in [-0.25, -0.2) is 14.4 Å². The van der Waals surface area contributed by atoms with Crippen molar-refractivity contribution in [1.82, 2.24) is 19.7 Å². The maximum absolute atomic E-state index is 13.8. The molecule has 200 valence electrons. The molecular formula is C26H24ClF4N5O2. The number of alkyl halides is 3. The molecule has 3 aromatic rings. The van der Waals surface area contributed by atoms with Gasteiger partial charge in [-0.3, -0.25) is 4.79 Å². The Kier molecular flexibility index (Phi) is 6.18. The Morgan fingerprint density at radius 3 is 2.68 bits per heavy atom. The van der Waals surface area contributed by atoms with Crippen molar-refractivity contribution < 1.29 is 22.3 Å². The third-order valence-electron chi connectivity index (χ3n) is 7.71. The van der Waals surface area contributed by atoms with Crippen LogP contribution in [0.3, 0.4) is 0 Å². The predicted molar refractivity (Wildman–Crippen MR) is 131 cm³/mol. The first-order valence-corrected chi connectivity index (χ1v) is 12.9. The molecule has 1 atom stereocenters. The Morgan fingerprint density at radius 1 is 1.16 bits per heavy atom. The standard InChI is InChI=1S/C26H24ClF4N5O2/c27-22-20(12-34-36(24(22)37)21-3-1-2-10-38-21)35-9-6-16-19(13-35)32-14-33-23(16)25(7-8-25)17-5-4-15(28)11-18(17)26(29,30)31/h4-5,11-12,14,21H,1-3,6-10,13H2. The molecule has 2 aromatic heterocycles. The van der Waals surface area contributed by atoms with Gasteiger partial charge in [-0.2, -0.15) is 23.0 Å². The summed E-state index contributed by atoms with van der Waals surface area (Å²) in [6, 6.07) is 2.85. The molecule has 38 heavy (non-hydrogen) atoms. The van der Waals surface area contributed by atoms with Crippen LogP contribution >= 0.6 is 11.6 Å². The molecule has 1 aliphatic carbocycles. The van der Waals surface area contributed by atoms with Crippen molar-refractivity contribution in [2.24, 2.45) is 0 Å². The van der Waals surface area contributed by atoms with Crippen molar-refractivity contribution in [3.63, 3.8) is 0 Å². The lowest BCUT2D eigenvalue weighted by molar-refractivity contribution is -0.138. The minimum Gasteiger partial charge on any atom is -0.363 e. The Balaban J connectivity index is 1.33. The van der Waals surface area contributed by atoms with Crippen molar-refractivity contribution in [3.8, 4) is 0 Å². The number of fused-ring (bicyclic) bond motifs is 1. The summed E-state index contributed by atoms with van der Waals surface area (Å²) in [6.45, 7) is 1.30. The molecule has 0 radical (unpaired) electrons. The van der Waals surface area contributed by atoms with E-state index < -0.39 is 34.8 Å². The molecule has 7 nitrogen and oxygen atoms in total. The average Bonchev–Trinajstić information content (AvgIpc) is 3.71. The second-order valence-electron chi connectivity index (χ2n) is 10.0. The lowest BCUT2D eigenvalue weighted by Gasteiger charge is -2.33. The van der Waals surface area contributed by atoms with Gasteiger partial charge in [0.1, 0.15) is 17.2 Å². The van der Waals surface area contributed by atoms with Gasteiger partial charge in [0.25, 0.3) is 5.56 Å². The normalized spacial score (nSPS) is 20.8. The molecule has 4 heterocycles. The van der Waals surface area contributed by atoms with Crippen LogP contribution in [0.15, 0.2) is 35.5 Å². The average molecular weight is 550 g/mol. The Morgan fingerprint density at radius 2 is 1.97 bits per heavy atom. The van der Waals surface area contributed by atoms with Gasteiger partial charge >= 0.3 is 6.18 Å². The molecule has 3 aliphatic rings. The highest BCUT2D eigenvalue weighted by Crippen LogP contribution is 2.57. The van der Waals surface area contributed by atoms with Crippen molar-refractivity contribution in [3.05, 3.63) is 80.0 Å². The fraction of sp³-hybridized carbons (Fsp3) is 0.462. The maximum atomic E-state index is 13.8. The lowest BCUT2D eigenvalue weighted by atomic mass is 9.84. The third-order valence-corrected chi connectivity index (χ3v) is 8.06. The topological polar surface area (TPSA) is 73.1 Å². The summed E-state index contributed by atoms with van der Waals surface area (Å²) in [5.74, 6) is -0.931. The van der Waals surface area contributed by atoms with Crippen molar-refractivity contribution in [1.29, 1.82) is 0 Å². The lowest BCUT2D eigenvalue weighted by Crippen LogP contribution is -2.36. The Hall–Kier alpha value is -3.05. The van der Waals surface area contributed by atoms with E-state index in [9.17, 15) is 22.4 Å². The van der Waals surface area contributed by atoms with Crippen LogP contribution in [0.4, 0.5) is 23.2 Å². The van der Waals surface area contributed by atoms with Crippen LogP contribution in [0.1, 0.15) is 66.4 Å². The molecule has 1 aromatic carbocycles. The van der Waals surface area contributed by atoms with Crippen molar-refractivity contribution >= 4 is 17.3 Å². The second-order valence-corrected chi connectivity index (χ2v) is 10.4. The van der Waals surface area contributed by atoms with E-state index >= 15 is 0 Å². The highest BCUT2D eigenvalue weighted by Gasteiger charge is 2.53. The smallest absolute Gasteiger partial charge is 0.363 e. The molecule has 0 bridgehead atoms. The molecule has 0 amide bonds.